The standard InChI is InChI=1S/C8H10O.3BrH/c1-2-9-8-6-4-3-5-7-8;;;/h3-7H,2H2,1H3;3*1H. The van der Waals surface area contributed by atoms with Gasteiger partial charge in [-0.05, 0) is 19.1 Å². The van der Waals surface area contributed by atoms with Crippen molar-refractivity contribution in [2.45, 2.75) is 6.92 Å². The summed E-state index contributed by atoms with van der Waals surface area (Å²) < 4.78 is 5.21. The number of rotatable bonds is 2. The third kappa shape index (κ3) is 7.13. The van der Waals surface area contributed by atoms with Gasteiger partial charge < -0.3 is 4.74 Å². The van der Waals surface area contributed by atoms with Crippen LogP contribution in [0.25, 0.3) is 0 Å². The van der Waals surface area contributed by atoms with Crippen molar-refractivity contribution < 1.29 is 4.74 Å². The molecule has 72 valence electrons. The van der Waals surface area contributed by atoms with Crippen molar-refractivity contribution in [3.8, 4) is 5.75 Å². The molecule has 0 amide bonds. The van der Waals surface area contributed by atoms with E-state index in [0.29, 0.717) is 0 Å². The monoisotopic (exact) mass is 362 g/mol. The van der Waals surface area contributed by atoms with Gasteiger partial charge in [0.05, 0.1) is 6.61 Å². The van der Waals surface area contributed by atoms with Crippen LogP contribution in [-0.2, 0) is 0 Å². The minimum atomic E-state index is 0. The van der Waals surface area contributed by atoms with Gasteiger partial charge in [-0.2, -0.15) is 0 Å². The first-order valence-corrected chi connectivity index (χ1v) is 3.11. The summed E-state index contributed by atoms with van der Waals surface area (Å²) >= 11 is 0. The highest BCUT2D eigenvalue weighted by atomic mass is 79.9. The van der Waals surface area contributed by atoms with Crippen LogP contribution in [0.2, 0.25) is 0 Å². The van der Waals surface area contributed by atoms with E-state index in [1.807, 2.05) is 37.3 Å². The first-order chi connectivity index (χ1) is 4.43. The zero-order valence-corrected chi connectivity index (χ0v) is 11.9. The molecule has 0 spiro atoms. The molecule has 0 saturated carbocycles. The zero-order valence-electron chi connectivity index (χ0n) is 6.73. The number of hydrogen-bond donors (Lipinski definition) is 0. The van der Waals surface area contributed by atoms with E-state index in [1.54, 1.807) is 0 Å². The van der Waals surface area contributed by atoms with Crippen LogP contribution in [0.15, 0.2) is 30.3 Å². The van der Waals surface area contributed by atoms with E-state index in [2.05, 4.69) is 0 Å². The van der Waals surface area contributed by atoms with Crippen molar-refractivity contribution in [3.63, 3.8) is 0 Å². The molecule has 1 rings (SSSR count). The Kier molecular flexibility index (Phi) is 17.5. The maximum atomic E-state index is 5.21. The normalized spacial score (nSPS) is 6.75. The topological polar surface area (TPSA) is 9.23 Å². The van der Waals surface area contributed by atoms with Gasteiger partial charge in [0.2, 0.25) is 0 Å². The van der Waals surface area contributed by atoms with Crippen molar-refractivity contribution in [2.75, 3.05) is 6.61 Å². The van der Waals surface area contributed by atoms with Gasteiger partial charge in [-0.1, -0.05) is 18.2 Å². The van der Waals surface area contributed by atoms with Gasteiger partial charge in [0.25, 0.3) is 0 Å². The van der Waals surface area contributed by atoms with Crippen LogP contribution in [0.3, 0.4) is 0 Å². The van der Waals surface area contributed by atoms with Crippen LogP contribution in [0.5, 0.6) is 5.75 Å². The summed E-state index contributed by atoms with van der Waals surface area (Å²) in [5.74, 6) is 0.944. The van der Waals surface area contributed by atoms with Gasteiger partial charge in [0, 0.05) is 0 Å². The molecule has 0 aliphatic carbocycles. The number of para-hydroxylation sites is 1. The molecule has 0 atom stereocenters. The molecule has 0 radical (unpaired) electrons. The largest absolute Gasteiger partial charge is 0.494 e. The molecule has 0 unspecified atom stereocenters. The maximum Gasteiger partial charge on any atom is 0.119 e. The van der Waals surface area contributed by atoms with Crippen molar-refractivity contribution in [3.05, 3.63) is 30.3 Å². The van der Waals surface area contributed by atoms with Gasteiger partial charge >= 0.3 is 0 Å². The first kappa shape index (κ1) is 18.3. The molecule has 0 aliphatic rings. The second-order valence-corrected chi connectivity index (χ2v) is 1.75. The predicted molar refractivity (Wildman–Crippen MR) is 68.6 cm³/mol. The van der Waals surface area contributed by atoms with Crippen LogP contribution >= 0.6 is 50.9 Å². The van der Waals surface area contributed by atoms with Crippen LogP contribution in [0.1, 0.15) is 6.92 Å². The molecule has 0 saturated heterocycles. The van der Waals surface area contributed by atoms with E-state index in [-0.39, 0.29) is 50.9 Å². The summed E-state index contributed by atoms with van der Waals surface area (Å²) in [6.07, 6.45) is 0. The predicted octanol–water partition coefficient (Wildman–Crippen LogP) is 3.82. The highest BCUT2D eigenvalue weighted by molar-refractivity contribution is 8.93. The van der Waals surface area contributed by atoms with E-state index in [0.717, 1.165) is 12.4 Å². The highest BCUT2D eigenvalue weighted by Gasteiger charge is 1.83. The molecule has 0 aromatic heterocycles. The maximum absolute atomic E-state index is 5.21. The second-order valence-electron chi connectivity index (χ2n) is 1.75. The Labute approximate surface area is 105 Å². The Balaban J connectivity index is -0.000000270. The molecule has 0 fully saturated rings. The smallest absolute Gasteiger partial charge is 0.119 e. The van der Waals surface area contributed by atoms with Gasteiger partial charge in [0.15, 0.2) is 0 Å². The third-order valence-electron chi connectivity index (χ3n) is 1.05. The molecular formula is C8H13Br3O. The van der Waals surface area contributed by atoms with Crippen molar-refractivity contribution in [1.82, 2.24) is 0 Å². The van der Waals surface area contributed by atoms with Crippen LogP contribution in [0, 0.1) is 0 Å². The quantitative estimate of drug-likeness (QED) is 0.775. The fourth-order valence-electron chi connectivity index (χ4n) is 0.683. The number of ether oxygens (including phenoxy) is 1. The van der Waals surface area contributed by atoms with Gasteiger partial charge in [-0.3, -0.25) is 0 Å². The summed E-state index contributed by atoms with van der Waals surface area (Å²) in [5.41, 5.74) is 0. The molecular weight excluding hydrogens is 352 g/mol. The van der Waals surface area contributed by atoms with Crippen molar-refractivity contribution in [2.24, 2.45) is 0 Å². The Bertz CT molecular complexity index is 167. The third-order valence-corrected chi connectivity index (χ3v) is 1.05. The average Bonchev–Trinajstić information content (AvgIpc) is 1.91. The first-order valence-electron chi connectivity index (χ1n) is 3.11. The Morgan fingerprint density at radius 1 is 1.00 bits per heavy atom. The average molecular weight is 365 g/mol. The van der Waals surface area contributed by atoms with Crippen LogP contribution in [0.4, 0.5) is 0 Å². The molecule has 0 bridgehead atoms. The summed E-state index contributed by atoms with van der Waals surface area (Å²) in [5, 5.41) is 0. The lowest BCUT2D eigenvalue weighted by Crippen LogP contribution is -1.89. The Hall–Kier alpha value is 0.460. The number of halogens is 3. The van der Waals surface area contributed by atoms with E-state index in [4.69, 9.17) is 4.74 Å². The lowest BCUT2D eigenvalue weighted by molar-refractivity contribution is 0.340. The zero-order chi connectivity index (χ0) is 6.53. The molecule has 1 aromatic carbocycles. The lowest BCUT2D eigenvalue weighted by Gasteiger charge is -1.99. The van der Waals surface area contributed by atoms with Gasteiger partial charge in [-0.25, -0.2) is 0 Å². The van der Waals surface area contributed by atoms with Gasteiger partial charge in [-0.15, -0.1) is 50.9 Å². The fraction of sp³-hybridized carbons (Fsp3) is 0.250. The molecule has 0 N–H and O–H groups in total. The van der Waals surface area contributed by atoms with Crippen molar-refractivity contribution in [1.29, 1.82) is 0 Å². The van der Waals surface area contributed by atoms with E-state index in [1.165, 1.54) is 0 Å². The van der Waals surface area contributed by atoms with Crippen LogP contribution in [-0.4, -0.2) is 6.61 Å². The molecule has 0 heterocycles. The Morgan fingerprint density at radius 2 is 1.50 bits per heavy atom. The molecule has 1 nitrogen and oxygen atoms in total. The summed E-state index contributed by atoms with van der Waals surface area (Å²) in [7, 11) is 0. The molecule has 1 aromatic rings. The minimum Gasteiger partial charge on any atom is -0.494 e. The second kappa shape index (κ2) is 11.5. The van der Waals surface area contributed by atoms with Gasteiger partial charge in [0.1, 0.15) is 5.75 Å². The minimum absolute atomic E-state index is 0. The molecule has 4 heteroatoms. The molecule has 12 heavy (non-hydrogen) atoms. The Morgan fingerprint density at radius 3 is 1.92 bits per heavy atom. The van der Waals surface area contributed by atoms with E-state index < -0.39 is 0 Å². The van der Waals surface area contributed by atoms with E-state index in [9.17, 15) is 0 Å². The van der Waals surface area contributed by atoms with E-state index >= 15 is 0 Å². The lowest BCUT2D eigenvalue weighted by atomic mass is 10.3. The summed E-state index contributed by atoms with van der Waals surface area (Å²) in [4.78, 5) is 0. The SMILES string of the molecule is Br.Br.Br.CCOc1ccccc1. The number of benzene rings is 1. The number of hydrogen-bond acceptors (Lipinski definition) is 1. The molecule has 0 aliphatic heterocycles. The van der Waals surface area contributed by atoms with Crippen LogP contribution < -0.4 is 4.74 Å². The fourth-order valence-corrected chi connectivity index (χ4v) is 0.683. The highest BCUT2D eigenvalue weighted by Crippen LogP contribution is 2.06. The summed E-state index contributed by atoms with van der Waals surface area (Å²) in [6, 6.07) is 9.80. The van der Waals surface area contributed by atoms with Crippen molar-refractivity contribution >= 4 is 50.9 Å². The summed E-state index contributed by atoms with van der Waals surface area (Å²) in [6.45, 7) is 2.72.